The number of rotatable bonds is 1. The zero-order valence-corrected chi connectivity index (χ0v) is 12.1. The third-order valence-electron chi connectivity index (χ3n) is 3.33. The number of nitrogens with zero attached hydrogens (tertiary/aromatic N) is 3. The smallest absolute Gasteiger partial charge is 0.145 e. The molecule has 5 heteroatoms. The molecular formula is C16H16FN3O. The summed E-state index contributed by atoms with van der Waals surface area (Å²) in [6.07, 6.45) is 3.39. The van der Waals surface area contributed by atoms with Gasteiger partial charge in [-0.1, -0.05) is 0 Å². The van der Waals surface area contributed by atoms with Crippen LogP contribution in [0.15, 0.2) is 36.7 Å². The van der Waals surface area contributed by atoms with Crippen LogP contribution in [0.1, 0.15) is 20.8 Å². The van der Waals surface area contributed by atoms with Crippen molar-refractivity contribution in [1.29, 1.82) is 0 Å². The van der Waals surface area contributed by atoms with Gasteiger partial charge < -0.3 is 9.67 Å². The van der Waals surface area contributed by atoms with Crippen LogP contribution < -0.4 is 0 Å². The summed E-state index contributed by atoms with van der Waals surface area (Å²) in [5.74, 6) is 0.00287. The van der Waals surface area contributed by atoms with E-state index in [4.69, 9.17) is 0 Å². The van der Waals surface area contributed by atoms with E-state index >= 15 is 0 Å². The Kier molecular flexibility index (Phi) is 2.93. The number of aromatic hydroxyl groups is 1. The lowest BCUT2D eigenvalue weighted by molar-refractivity contribution is 0.411. The van der Waals surface area contributed by atoms with Gasteiger partial charge in [-0.2, -0.15) is 0 Å². The highest BCUT2D eigenvalue weighted by molar-refractivity contribution is 5.81. The van der Waals surface area contributed by atoms with Crippen LogP contribution in [0, 0.1) is 5.82 Å². The van der Waals surface area contributed by atoms with E-state index in [9.17, 15) is 9.50 Å². The number of pyridine rings is 1. The lowest BCUT2D eigenvalue weighted by atomic mass is 10.1. The standard InChI is InChI=1S/C16H16FN3O/c1-16(2,3)20-13-6-7-18-9-12(13)19-15(20)11-5-4-10(17)8-14(11)21/h4-9,21H,1-3H3. The van der Waals surface area contributed by atoms with Crippen LogP contribution >= 0.6 is 0 Å². The molecule has 0 aliphatic heterocycles. The number of aromatic nitrogens is 3. The molecule has 0 aliphatic rings. The zero-order valence-electron chi connectivity index (χ0n) is 12.1. The minimum Gasteiger partial charge on any atom is -0.507 e. The number of halogens is 1. The molecule has 4 nitrogen and oxygen atoms in total. The Labute approximate surface area is 121 Å². The number of hydrogen-bond acceptors (Lipinski definition) is 3. The summed E-state index contributed by atoms with van der Waals surface area (Å²) < 4.78 is 15.2. The van der Waals surface area contributed by atoms with Gasteiger partial charge in [0.1, 0.15) is 22.9 Å². The maximum atomic E-state index is 13.2. The Hall–Kier alpha value is -2.43. The average molecular weight is 285 g/mol. The van der Waals surface area contributed by atoms with Gasteiger partial charge in [-0.05, 0) is 39.0 Å². The predicted octanol–water partition coefficient (Wildman–Crippen LogP) is 3.70. The molecule has 0 atom stereocenters. The SMILES string of the molecule is CC(C)(C)n1c(-c2ccc(F)cc2O)nc2cnccc21. The van der Waals surface area contributed by atoms with E-state index in [1.807, 2.05) is 10.6 Å². The molecule has 0 amide bonds. The fourth-order valence-electron chi connectivity index (χ4n) is 2.49. The molecular weight excluding hydrogens is 269 g/mol. The molecule has 0 bridgehead atoms. The second kappa shape index (κ2) is 4.55. The van der Waals surface area contributed by atoms with Crippen LogP contribution in [0.5, 0.6) is 5.75 Å². The first-order valence-corrected chi connectivity index (χ1v) is 6.70. The summed E-state index contributed by atoms with van der Waals surface area (Å²) in [5.41, 5.74) is 1.93. The largest absolute Gasteiger partial charge is 0.507 e. The van der Waals surface area contributed by atoms with Crippen molar-refractivity contribution in [3.05, 3.63) is 42.5 Å². The highest BCUT2D eigenvalue weighted by Crippen LogP contribution is 2.35. The Morgan fingerprint density at radius 1 is 1.19 bits per heavy atom. The molecule has 0 fully saturated rings. The van der Waals surface area contributed by atoms with Gasteiger partial charge in [0.15, 0.2) is 0 Å². The van der Waals surface area contributed by atoms with Crippen molar-refractivity contribution < 1.29 is 9.50 Å². The molecule has 0 saturated heterocycles. The summed E-state index contributed by atoms with van der Waals surface area (Å²) in [7, 11) is 0. The highest BCUT2D eigenvalue weighted by atomic mass is 19.1. The van der Waals surface area contributed by atoms with E-state index < -0.39 is 5.82 Å². The van der Waals surface area contributed by atoms with Crippen molar-refractivity contribution in [3.63, 3.8) is 0 Å². The Balaban J connectivity index is 2.37. The average Bonchev–Trinajstić information content (AvgIpc) is 2.77. The van der Waals surface area contributed by atoms with Gasteiger partial charge >= 0.3 is 0 Å². The topological polar surface area (TPSA) is 50.9 Å². The van der Waals surface area contributed by atoms with Gasteiger partial charge in [0.05, 0.1) is 17.3 Å². The summed E-state index contributed by atoms with van der Waals surface area (Å²) in [4.78, 5) is 8.64. The molecule has 2 heterocycles. The first kappa shape index (κ1) is 13.5. The van der Waals surface area contributed by atoms with Crippen molar-refractivity contribution in [1.82, 2.24) is 14.5 Å². The molecule has 0 saturated carbocycles. The van der Waals surface area contributed by atoms with E-state index in [1.165, 1.54) is 6.07 Å². The molecule has 1 N–H and O–H groups in total. The molecule has 3 rings (SSSR count). The van der Waals surface area contributed by atoms with Crippen LogP contribution in [0.2, 0.25) is 0 Å². The predicted molar refractivity (Wildman–Crippen MR) is 79.6 cm³/mol. The molecule has 108 valence electrons. The summed E-state index contributed by atoms with van der Waals surface area (Å²) in [6.45, 7) is 6.16. The summed E-state index contributed by atoms with van der Waals surface area (Å²) >= 11 is 0. The van der Waals surface area contributed by atoms with Crippen molar-refractivity contribution in [2.45, 2.75) is 26.3 Å². The van der Waals surface area contributed by atoms with Gasteiger partial charge in [-0.15, -0.1) is 0 Å². The Bertz CT molecular complexity index is 818. The third-order valence-corrected chi connectivity index (χ3v) is 3.33. The molecule has 0 aliphatic carbocycles. The van der Waals surface area contributed by atoms with Crippen LogP contribution in [-0.4, -0.2) is 19.6 Å². The van der Waals surface area contributed by atoms with Crippen LogP contribution in [0.3, 0.4) is 0 Å². The number of hydrogen-bond donors (Lipinski definition) is 1. The number of fused-ring (bicyclic) bond motifs is 1. The molecule has 1 aromatic carbocycles. The van der Waals surface area contributed by atoms with Crippen molar-refractivity contribution in [2.75, 3.05) is 0 Å². The van der Waals surface area contributed by atoms with Gasteiger partial charge in [0.2, 0.25) is 0 Å². The van der Waals surface area contributed by atoms with Gasteiger partial charge in [-0.25, -0.2) is 9.37 Å². The Morgan fingerprint density at radius 2 is 1.95 bits per heavy atom. The minimum absolute atomic E-state index is 0.122. The number of benzene rings is 1. The zero-order chi connectivity index (χ0) is 15.2. The molecule has 3 aromatic rings. The summed E-state index contributed by atoms with van der Waals surface area (Å²) in [6, 6.07) is 5.85. The third kappa shape index (κ3) is 2.24. The highest BCUT2D eigenvalue weighted by Gasteiger charge is 2.23. The monoisotopic (exact) mass is 285 g/mol. The van der Waals surface area contributed by atoms with Gasteiger partial charge in [0, 0.05) is 17.8 Å². The van der Waals surface area contributed by atoms with Gasteiger partial charge in [-0.3, -0.25) is 4.98 Å². The van der Waals surface area contributed by atoms with Crippen molar-refractivity contribution in [3.8, 4) is 17.1 Å². The lowest BCUT2D eigenvalue weighted by Crippen LogP contribution is -2.22. The Morgan fingerprint density at radius 3 is 2.62 bits per heavy atom. The molecule has 0 unspecified atom stereocenters. The van der Waals surface area contributed by atoms with Crippen LogP contribution in [0.4, 0.5) is 4.39 Å². The number of imidazole rings is 1. The van der Waals surface area contributed by atoms with Gasteiger partial charge in [0.25, 0.3) is 0 Å². The minimum atomic E-state index is -0.476. The lowest BCUT2D eigenvalue weighted by Gasteiger charge is -2.24. The van der Waals surface area contributed by atoms with E-state index in [-0.39, 0.29) is 11.3 Å². The van der Waals surface area contributed by atoms with Crippen molar-refractivity contribution >= 4 is 11.0 Å². The molecule has 2 aromatic heterocycles. The molecule has 0 spiro atoms. The fraction of sp³-hybridized carbons (Fsp3) is 0.250. The first-order valence-electron chi connectivity index (χ1n) is 6.70. The second-order valence-corrected chi connectivity index (χ2v) is 5.97. The van der Waals surface area contributed by atoms with E-state index in [0.717, 1.165) is 17.1 Å². The van der Waals surface area contributed by atoms with E-state index in [0.29, 0.717) is 11.4 Å². The number of phenolic OH excluding ortho intramolecular Hbond substituents is 1. The normalized spacial score (nSPS) is 12.0. The molecule has 21 heavy (non-hydrogen) atoms. The van der Waals surface area contributed by atoms with E-state index in [1.54, 1.807) is 18.5 Å². The maximum absolute atomic E-state index is 13.2. The van der Waals surface area contributed by atoms with Crippen molar-refractivity contribution in [2.24, 2.45) is 0 Å². The first-order chi connectivity index (χ1) is 9.88. The second-order valence-electron chi connectivity index (χ2n) is 5.97. The molecule has 0 radical (unpaired) electrons. The van der Waals surface area contributed by atoms with Crippen LogP contribution in [-0.2, 0) is 5.54 Å². The summed E-state index contributed by atoms with van der Waals surface area (Å²) in [5, 5.41) is 10.1. The maximum Gasteiger partial charge on any atom is 0.145 e. The number of phenols is 1. The quantitative estimate of drug-likeness (QED) is 0.741. The van der Waals surface area contributed by atoms with Crippen LogP contribution in [0.25, 0.3) is 22.4 Å². The fourth-order valence-corrected chi connectivity index (χ4v) is 2.49. The van der Waals surface area contributed by atoms with E-state index in [2.05, 4.69) is 30.7 Å².